The molecule has 1 aliphatic heterocycles. The first-order valence-electron chi connectivity index (χ1n) is 7.64. The summed E-state index contributed by atoms with van der Waals surface area (Å²) in [6, 6.07) is 12.0. The van der Waals surface area contributed by atoms with Crippen LogP contribution in [-0.4, -0.2) is 24.5 Å². The Morgan fingerprint density at radius 2 is 1.81 bits per heavy atom. The molecular formula is C18H14Cl2N2O4. The molecule has 0 fully saturated rings. The summed E-state index contributed by atoms with van der Waals surface area (Å²) >= 11 is 11.7. The maximum absolute atomic E-state index is 12.1. The topological polar surface area (TPSA) is 76.7 Å². The van der Waals surface area contributed by atoms with E-state index in [-0.39, 0.29) is 6.61 Å². The van der Waals surface area contributed by atoms with Crippen LogP contribution in [-0.2, 0) is 9.59 Å². The predicted molar refractivity (Wildman–Crippen MR) is 98.1 cm³/mol. The second-order valence-electron chi connectivity index (χ2n) is 5.35. The molecule has 0 saturated heterocycles. The second kappa shape index (κ2) is 8.12. The highest BCUT2D eigenvalue weighted by molar-refractivity contribution is 6.42. The van der Waals surface area contributed by atoms with E-state index >= 15 is 0 Å². The molecule has 8 heteroatoms. The van der Waals surface area contributed by atoms with Gasteiger partial charge in [0.05, 0.1) is 10.0 Å². The summed E-state index contributed by atoms with van der Waals surface area (Å²) in [4.78, 5) is 23.9. The molecule has 2 aromatic rings. The van der Waals surface area contributed by atoms with Crippen LogP contribution in [0, 0.1) is 0 Å². The van der Waals surface area contributed by atoms with E-state index in [1.165, 1.54) is 6.08 Å². The first kappa shape index (κ1) is 18.1. The monoisotopic (exact) mass is 392 g/mol. The van der Waals surface area contributed by atoms with Crippen LogP contribution in [0.5, 0.6) is 11.5 Å². The van der Waals surface area contributed by atoms with Crippen LogP contribution in [0.1, 0.15) is 5.56 Å². The molecule has 1 aliphatic rings. The van der Waals surface area contributed by atoms with Crippen molar-refractivity contribution in [2.24, 2.45) is 0 Å². The first-order valence-corrected chi connectivity index (χ1v) is 8.40. The molecule has 1 atom stereocenters. The Hall–Kier alpha value is -2.70. The van der Waals surface area contributed by atoms with Crippen molar-refractivity contribution in [2.75, 3.05) is 6.61 Å². The van der Waals surface area contributed by atoms with Gasteiger partial charge in [-0.25, -0.2) is 0 Å². The van der Waals surface area contributed by atoms with E-state index < -0.39 is 17.9 Å². The van der Waals surface area contributed by atoms with Crippen LogP contribution < -0.4 is 20.3 Å². The number of hydrogen-bond acceptors (Lipinski definition) is 4. The Labute approximate surface area is 159 Å². The molecule has 0 aromatic heterocycles. The summed E-state index contributed by atoms with van der Waals surface area (Å²) in [6.45, 7) is 0.0534. The van der Waals surface area contributed by atoms with Gasteiger partial charge in [0, 0.05) is 6.08 Å². The molecule has 0 bridgehead atoms. The SMILES string of the molecule is O=C(/C=C/c1ccc(Cl)c(Cl)c1)NNC(=O)C1COc2ccccc2O1. The molecule has 2 amide bonds. The van der Waals surface area contributed by atoms with Gasteiger partial charge in [0.2, 0.25) is 6.10 Å². The number of amides is 2. The molecule has 1 heterocycles. The van der Waals surface area contributed by atoms with Crippen molar-refractivity contribution in [3.8, 4) is 11.5 Å². The first-order chi connectivity index (χ1) is 12.5. The number of carbonyl (C=O) groups is 2. The van der Waals surface area contributed by atoms with Gasteiger partial charge >= 0.3 is 0 Å². The van der Waals surface area contributed by atoms with Gasteiger partial charge in [-0.3, -0.25) is 20.4 Å². The summed E-state index contributed by atoms with van der Waals surface area (Å²) < 4.78 is 11.0. The summed E-state index contributed by atoms with van der Waals surface area (Å²) in [7, 11) is 0. The maximum Gasteiger partial charge on any atom is 0.283 e. The van der Waals surface area contributed by atoms with Gasteiger partial charge in [0.15, 0.2) is 11.5 Å². The van der Waals surface area contributed by atoms with E-state index in [0.29, 0.717) is 27.1 Å². The molecule has 1 unspecified atom stereocenters. The lowest BCUT2D eigenvalue weighted by molar-refractivity contribution is -0.134. The Morgan fingerprint density at radius 3 is 2.58 bits per heavy atom. The molecule has 26 heavy (non-hydrogen) atoms. The Bertz CT molecular complexity index is 870. The van der Waals surface area contributed by atoms with Crippen LogP contribution in [0.2, 0.25) is 10.0 Å². The predicted octanol–water partition coefficient (Wildman–Crippen LogP) is 2.99. The van der Waals surface area contributed by atoms with E-state index in [9.17, 15) is 9.59 Å². The minimum absolute atomic E-state index is 0.0534. The number of halogens is 2. The lowest BCUT2D eigenvalue weighted by Gasteiger charge is -2.25. The van der Waals surface area contributed by atoms with Crippen molar-refractivity contribution < 1.29 is 19.1 Å². The largest absolute Gasteiger partial charge is 0.485 e. The molecule has 2 N–H and O–H groups in total. The van der Waals surface area contributed by atoms with E-state index in [1.807, 2.05) is 6.07 Å². The molecule has 0 saturated carbocycles. The average Bonchev–Trinajstić information content (AvgIpc) is 2.66. The van der Waals surface area contributed by atoms with Crippen molar-refractivity contribution in [2.45, 2.75) is 6.10 Å². The third kappa shape index (κ3) is 4.47. The average molecular weight is 393 g/mol. The number of benzene rings is 2. The zero-order valence-corrected chi connectivity index (χ0v) is 14.9. The highest BCUT2D eigenvalue weighted by Gasteiger charge is 2.27. The van der Waals surface area contributed by atoms with Crippen molar-refractivity contribution in [3.63, 3.8) is 0 Å². The molecule has 3 rings (SSSR count). The molecule has 2 aromatic carbocycles. The van der Waals surface area contributed by atoms with Crippen LogP contribution in [0.4, 0.5) is 0 Å². The number of hydrazine groups is 1. The zero-order chi connectivity index (χ0) is 18.5. The standard InChI is InChI=1S/C18H14Cl2N2O4/c19-12-7-5-11(9-13(12)20)6-8-17(23)21-22-18(24)16-10-25-14-3-1-2-4-15(14)26-16/h1-9,16H,10H2,(H,21,23)(H,22,24)/b8-6+. The molecule has 6 nitrogen and oxygen atoms in total. The number of fused-ring (bicyclic) bond motifs is 1. The number of nitrogens with one attached hydrogen (secondary N) is 2. The number of hydrogen-bond donors (Lipinski definition) is 2. The normalized spacial score (nSPS) is 15.5. The smallest absolute Gasteiger partial charge is 0.283 e. The summed E-state index contributed by atoms with van der Waals surface area (Å²) in [6.07, 6.45) is 1.94. The lowest BCUT2D eigenvalue weighted by Crippen LogP contribution is -2.50. The van der Waals surface area contributed by atoms with Crippen molar-refractivity contribution in [1.29, 1.82) is 0 Å². The summed E-state index contributed by atoms with van der Waals surface area (Å²) in [5.41, 5.74) is 5.27. The number of ether oxygens (including phenoxy) is 2. The van der Waals surface area contributed by atoms with E-state index in [0.717, 1.165) is 0 Å². The highest BCUT2D eigenvalue weighted by Crippen LogP contribution is 2.30. The molecule has 0 spiro atoms. The van der Waals surface area contributed by atoms with Crippen LogP contribution >= 0.6 is 23.2 Å². The van der Waals surface area contributed by atoms with Crippen LogP contribution in [0.3, 0.4) is 0 Å². The van der Waals surface area contributed by atoms with Crippen molar-refractivity contribution in [3.05, 3.63) is 64.1 Å². The number of rotatable bonds is 3. The summed E-state index contributed by atoms with van der Waals surface area (Å²) in [5, 5.41) is 0.814. The maximum atomic E-state index is 12.1. The van der Waals surface area contributed by atoms with E-state index in [2.05, 4.69) is 10.9 Å². The van der Waals surface area contributed by atoms with Crippen molar-refractivity contribution in [1.82, 2.24) is 10.9 Å². The van der Waals surface area contributed by atoms with Crippen LogP contribution in [0.15, 0.2) is 48.5 Å². The Balaban J connectivity index is 1.50. The fourth-order valence-electron chi connectivity index (χ4n) is 2.18. The summed E-state index contributed by atoms with van der Waals surface area (Å²) in [5.74, 6) is 0.0206. The van der Waals surface area contributed by atoms with Gasteiger partial charge in [-0.1, -0.05) is 41.4 Å². The Morgan fingerprint density at radius 1 is 1.04 bits per heavy atom. The minimum Gasteiger partial charge on any atom is -0.485 e. The Kier molecular flexibility index (Phi) is 5.65. The minimum atomic E-state index is -0.857. The van der Waals surface area contributed by atoms with Gasteiger partial charge in [0.25, 0.3) is 11.8 Å². The lowest BCUT2D eigenvalue weighted by atomic mass is 10.2. The highest BCUT2D eigenvalue weighted by atomic mass is 35.5. The van der Waals surface area contributed by atoms with Crippen molar-refractivity contribution >= 4 is 41.1 Å². The second-order valence-corrected chi connectivity index (χ2v) is 6.16. The van der Waals surface area contributed by atoms with Gasteiger partial charge in [-0.2, -0.15) is 0 Å². The van der Waals surface area contributed by atoms with Gasteiger partial charge < -0.3 is 9.47 Å². The third-order valence-corrected chi connectivity index (χ3v) is 4.22. The molecule has 0 radical (unpaired) electrons. The van der Waals surface area contributed by atoms with Gasteiger partial charge in [-0.05, 0) is 35.9 Å². The third-order valence-electron chi connectivity index (χ3n) is 3.48. The number of para-hydroxylation sites is 2. The van der Waals surface area contributed by atoms with E-state index in [1.54, 1.807) is 42.5 Å². The van der Waals surface area contributed by atoms with Gasteiger partial charge in [0.1, 0.15) is 6.61 Å². The quantitative estimate of drug-likeness (QED) is 0.621. The van der Waals surface area contributed by atoms with Gasteiger partial charge in [-0.15, -0.1) is 0 Å². The molecule has 0 aliphatic carbocycles. The van der Waals surface area contributed by atoms with E-state index in [4.69, 9.17) is 32.7 Å². The number of carbonyl (C=O) groups excluding carboxylic acids is 2. The molecular weight excluding hydrogens is 379 g/mol. The fraction of sp³-hybridized carbons (Fsp3) is 0.111. The zero-order valence-electron chi connectivity index (χ0n) is 13.4. The molecule has 134 valence electrons. The fourth-order valence-corrected chi connectivity index (χ4v) is 2.49. The van der Waals surface area contributed by atoms with Crippen LogP contribution in [0.25, 0.3) is 6.08 Å².